The number of aliphatic hydroxyl groups is 2. The van der Waals surface area contributed by atoms with Crippen molar-refractivity contribution in [2.45, 2.75) is 187 Å². The van der Waals surface area contributed by atoms with Crippen LogP contribution in [0.5, 0.6) is 0 Å². The Morgan fingerprint density at radius 1 is 0.585 bits per heavy atom. The van der Waals surface area contributed by atoms with Gasteiger partial charge in [0.25, 0.3) is 0 Å². The second-order valence-electron chi connectivity index (χ2n) is 11.9. The Morgan fingerprint density at radius 3 is 1.51 bits per heavy atom. The van der Waals surface area contributed by atoms with Crippen molar-refractivity contribution in [1.82, 2.24) is 5.32 Å². The lowest BCUT2D eigenvalue weighted by Crippen LogP contribution is -2.45. The molecule has 41 heavy (non-hydrogen) atoms. The molecule has 0 aliphatic heterocycles. The van der Waals surface area contributed by atoms with Gasteiger partial charge in [0.2, 0.25) is 5.91 Å². The number of nitrogens with one attached hydrogen (secondary N) is 1. The van der Waals surface area contributed by atoms with E-state index in [1.165, 1.54) is 109 Å². The minimum Gasteiger partial charge on any atom is -0.394 e. The van der Waals surface area contributed by atoms with E-state index in [-0.39, 0.29) is 12.5 Å². The maximum atomic E-state index is 12.3. The van der Waals surface area contributed by atoms with Gasteiger partial charge in [0.15, 0.2) is 0 Å². The number of unbranched alkanes of at least 4 members (excludes halogenated alkanes) is 20. The normalized spacial score (nSPS) is 13.6. The molecule has 0 unspecified atom stereocenters. The van der Waals surface area contributed by atoms with Crippen LogP contribution in [0.3, 0.4) is 0 Å². The zero-order valence-electron chi connectivity index (χ0n) is 27.3. The molecule has 0 heterocycles. The van der Waals surface area contributed by atoms with Crippen molar-refractivity contribution in [2.75, 3.05) is 6.61 Å². The predicted octanol–water partition coefficient (Wildman–Crippen LogP) is 10.3. The summed E-state index contributed by atoms with van der Waals surface area (Å²) in [4.78, 5) is 12.3. The smallest absolute Gasteiger partial charge is 0.220 e. The molecule has 0 spiro atoms. The lowest BCUT2D eigenvalue weighted by Gasteiger charge is -2.20. The van der Waals surface area contributed by atoms with E-state index in [1.54, 1.807) is 6.08 Å². The number of allylic oxidation sites excluding steroid dienone is 5. The van der Waals surface area contributed by atoms with Gasteiger partial charge in [-0.25, -0.2) is 0 Å². The van der Waals surface area contributed by atoms with Gasteiger partial charge in [-0.15, -0.1) is 0 Å². The van der Waals surface area contributed by atoms with E-state index in [9.17, 15) is 15.0 Å². The Labute approximate surface area is 255 Å². The summed E-state index contributed by atoms with van der Waals surface area (Å²) in [6, 6.07) is -0.626. The fourth-order valence-corrected chi connectivity index (χ4v) is 5.09. The average molecular weight is 576 g/mol. The van der Waals surface area contributed by atoms with Crippen LogP contribution >= 0.6 is 0 Å². The minimum atomic E-state index is -0.842. The molecule has 0 aliphatic rings. The lowest BCUT2D eigenvalue weighted by molar-refractivity contribution is -0.123. The van der Waals surface area contributed by atoms with E-state index in [2.05, 4.69) is 43.5 Å². The van der Waals surface area contributed by atoms with Crippen LogP contribution in [0.4, 0.5) is 0 Å². The van der Waals surface area contributed by atoms with Crippen molar-refractivity contribution in [2.24, 2.45) is 0 Å². The molecule has 0 aromatic carbocycles. The quantitative estimate of drug-likeness (QED) is 0.0569. The Morgan fingerprint density at radius 2 is 1.00 bits per heavy atom. The fourth-order valence-electron chi connectivity index (χ4n) is 5.09. The zero-order valence-corrected chi connectivity index (χ0v) is 27.3. The molecular weight excluding hydrogens is 506 g/mol. The second kappa shape index (κ2) is 33.1. The first-order valence-corrected chi connectivity index (χ1v) is 17.7. The lowest BCUT2D eigenvalue weighted by atomic mass is 10.0. The van der Waals surface area contributed by atoms with Crippen molar-refractivity contribution in [3.8, 4) is 0 Å². The summed E-state index contributed by atoms with van der Waals surface area (Å²) in [5.74, 6) is -0.0804. The predicted molar refractivity (Wildman–Crippen MR) is 179 cm³/mol. The van der Waals surface area contributed by atoms with Crippen molar-refractivity contribution < 1.29 is 15.0 Å². The van der Waals surface area contributed by atoms with E-state index >= 15 is 0 Å². The van der Waals surface area contributed by atoms with Gasteiger partial charge in [0.05, 0.1) is 18.8 Å². The molecule has 0 aliphatic carbocycles. The molecule has 0 rings (SSSR count). The highest BCUT2D eigenvalue weighted by Crippen LogP contribution is 2.13. The van der Waals surface area contributed by atoms with Gasteiger partial charge in [-0.2, -0.15) is 0 Å². The first kappa shape index (κ1) is 39.6. The van der Waals surface area contributed by atoms with Crippen molar-refractivity contribution in [3.05, 3.63) is 36.5 Å². The molecule has 0 aromatic heterocycles. The molecule has 1 amide bonds. The van der Waals surface area contributed by atoms with Gasteiger partial charge in [0, 0.05) is 6.42 Å². The first-order valence-electron chi connectivity index (χ1n) is 17.7. The Kier molecular flexibility index (Phi) is 32.0. The van der Waals surface area contributed by atoms with Gasteiger partial charge in [-0.1, -0.05) is 153 Å². The van der Waals surface area contributed by atoms with Crippen molar-refractivity contribution in [3.63, 3.8) is 0 Å². The van der Waals surface area contributed by atoms with Crippen LogP contribution in [-0.4, -0.2) is 34.9 Å². The third-order valence-electron chi connectivity index (χ3n) is 7.87. The largest absolute Gasteiger partial charge is 0.394 e. The molecule has 0 aromatic rings. The van der Waals surface area contributed by atoms with Crippen LogP contribution in [0.15, 0.2) is 36.5 Å². The molecule has 0 saturated heterocycles. The summed E-state index contributed by atoms with van der Waals surface area (Å²) in [6.07, 6.45) is 42.2. The highest BCUT2D eigenvalue weighted by molar-refractivity contribution is 5.76. The SMILES string of the molecule is CCCCC/C=C/C/C=C/CCCCCCCC(=O)N[C@@H](CO)[C@H](O)/C=C/CCCCCCCCCCCCCC. The molecule has 0 fully saturated rings. The van der Waals surface area contributed by atoms with Crippen LogP contribution in [-0.2, 0) is 4.79 Å². The molecule has 4 nitrogen and oxygen atoms in total. The molecular formula is C37H69NO3. The maximum absolute atomic E-state index is 12.3. The minimum absolute atomic E-state index is 0.0804. The number of hydrogen-bond donors (Lipinski definition) is 3. The summed E-state index contributed by atoms with van der Waals surface area (Å²) in [7, 11) is 0. The first-order chi connectivity index (χ1) is 20.2. The molecule has 2 atom stereocenters. The molecule has 0 radical (unpaired) electrons. The Bertz CT molecular complexity index is 628. The van der Waals surface area contributed by atoms with E-state index in [1.807, 2.05) is 6.08 Å². The number of aliphatic hydroxyl groups excluding tert-OH is 2. The zero-order chi connectivity index (χ0) is 30.1. The Hall–Kier alpha value is -1.39. The van der Waals surface area contributed by atoms with E-state index in [4.69, 9.17) is 0 Å². The van der Waals surface area contributed by atoms with Crippen molar-refractivity contribution >= 4 is 5.91 Å². The number of carbonyl (C=O) groups excluding carboxylic acids is 1. The summed E-state index contributed by atoms with van der Waals surface area (Å²) in [5.41, 5.74) is 0. The van der Waals surface area contributed by atoms with Crippen LogP contribution in [0.1, 0.15) is 174 Å². The maximum Gasteiger partial charge on any atom is 0.220 e. The van der Waals surface area contributed by atoms with Crippen LogP contribution < -0.4 is 5.32 Å². The van der Waals surface area contributed by atoms with E-state index in [0.717, 1.165) is 44.9 Å². The second-order valence-corrected chi connectivity index (χ2v) is 11.9. The molecule has 4 heteroatoms. The van der Waals surface area contributed by atoms with Crippen LogP contribution in [0.25, 0.3) is 0 Å². The molecule has 240 valence electrons. The van der Waals surface area contributed by atoms with Gasteiger partial charge in [-0.05, 0) is 51.4 Å². The monoisotopic (exact) mass is 576 g/mol. The number of carbonyl (C=O) groups is 1. The average Bonchev–Trinajstić information content (AvgIpc) is 2.97. The molecule has 3 N–H and O–H groups in total. The number of hydrogen-bond acceptors (Lipinski definition) is 3. The third kappa shape index (κ3) is 29.9. The van der Waals surface area contributed by atoms with Gasteiger partial charge in [0.1, 0.15) is 0 Å². The van der Waals surface area contributed by atoms with Gasteiger partial charge < -0.3 is 15.5 Å². The van der Waals surface area contributed by atoms with Crippen LogP contribution in [0.2, 0.25) is 0 Å². The number of amides is 1. The van der Waals surface area contributed by atoms with E-state index < -0.39 is 12.1 Å². The Balaban J connectivity index is 3.68. The summed E-state index contributed by atoms with van der Waals surface area (Å²) >= 11 is 0. The van der Waals surface area contributed by atoms with Gasteiger partial charge in [-0.3, -0.25) is 4.79 Å². The van der Waals surface area contributed by atoms with Gasteiger partial charge >= 0.3 is 0 Å². The third-order valence-corrected chi connectivity index (χ3v) is 7.87. The highest BCUT2D eigenvalue weighted by Gasteiger charge is 2.17. The molecule has 0 bridgehead atoms. The summed E-state index contributed by atoms with van der Waals surface area (Å²) in [6.45, 7) is 4.26. The fraction of sp³-hybridized carbons (Fsp3) is 0.811. The van der Waals surface area contributed by atoms with Crippen LogP contribution in [0, 0.1) is 0 Å². The number of rotatable bonds is 31. The standard InChI is InChI=1S/C37H69NO3/c1-3-5-7-9-11-13-15-17-19-21-23-25-27-29-31-33-37(41)38-35(34-39)36(40)32-30-28-26-24-22-20-18-16-14-12-10-8-6-4-2/h11,13,17,19,30,32,35-36,39-40H,3-10,12,14-16,18,20-29,31,33-34H2,1-2H3,(H,38,41)/b13-11+,19-17+,32-30+/t35-,36+/m0/s1. The highest BCUT2D eigenvalue weighted by atomic mass is 16.3. The summed E-state index contributed by atoms with van der Waals surface area (Å²) in [5, 5.41) is 22.8. The van der Waals surface area contributed by atoms with E-state index in [0.29, 0.717) is 6.42 Å². The molecule has 0 saturated carbocycles. The summed E-state index contributed by atoms with van der Waals surface area (Å²) < 4.78 is 0. The topological polar surface area (TPSA) is 69.6 Å². The van der Waals surface area contributed by atoms with Crippen molar-refractivity contribution in [1.29, 1.82) is 0 Å².